The number of rotatable bonds is 7. The van der Waals surface area contributed by atoms with Crippen LogP contribution in [0.2, 0.25) is 0 Å². The van der Waals surface area contributed by atoms with E-state index in [1.165, 1.54) is 0 Å². The third-order valence-electron chi connectivity index (χ3n) is 3.99. The first kappa shape index (κ1) is 17.8. The van der Waals surface area contributed by atoms with Crippen molar-refractivity contribution in [2.45, 2.75) is 26.8 Å². The number of carbonyl (C=O) groups excluding carboxylic acids is 1. The minimum Gasteiger partial charge on any atom is -0.485 e. The first-order valence-electron chi connectivity index (χ1n) is 7.81. The third kappa shape index (κ3) is 3.84. The SMILES string of the molecule is COC[C@@H](C)n1c(C)cc(C(=O)COc2ccc(C#N)cc2)c1C. The quantitative estimate of drug-likeness (QED) is 0.731. The number of Topliss-reactive ketones (excluding diaryl/α,β-unsaturated/α-hetero) is 1. The van der Waals surface area contributed by atoms with Gasteiger partial charge in [-0.2, -0.15) is 5.26 Å². The number of nitriles is 1. The van der Waals surface area contributed by atoms with Crippen molar-refractivity contribution in [3.05, 3.63) is 52.8 Å². The first-order chi connectivity index (χ1) is 11.5. The van der Waals surface area contributed by atoms with Gasteiger partial charge in [0.05, 0.1) is 24.3 Å². The number of aromatic nitrogens is 1. The van der Waals surface area contributed by atoms with E-state index in [1.807, 2.05) is 26.0 Å². The van der Waals surface area contributed by atoms with Crippen LogP contribution in [0.5, 0.6) is 5.75 Å². The van der Waals surface area contributed by atoms with Gasteiger partial charge >= 0.3 is 0 Å². The van der Waals surface area contributed by atoms with E-state index < -0.39 is 0 Å². The topological polar surface area (TPSA) is 64.2 Å². The zero-order chi connectivity index (χ0) is 17.7. The number of benzene rings is 1. The molecule has 0 aliphatic heterocycles. The molecule has 0 saturated heterocycles. The molecule has 1 aromatic heterocycles. The van der Waals surface area contributed by atoms with Crippen molar-refractivity contribution in [3.8, 4) is 11.8 Å². The Bertz CT molecular complexity index is 754. The monoisotopic (exact) mass is 326 g/mol. The Morgan fingerprint density at radius 2 is 1.96 bits per heavy atom. The molecule has 0 aliphatic rings. The van der Waals surface area contributed by atoms with E-state index >= 15 is 0 Å². The van der Waals surface area contributed by atoms with E-state index in [9.17, 15) is 4.79 Å². The van der Waals surface area contributed by atoms with Crippen molar-refractivity contribution < 1.29 is 14.3 Å². The van der Waals surface area contributed by atoms with E-state index in [2.05, 4.69) is 11.5 Å². The molecule has 0 saturated carbocycles. The number of hydrogen-bond donors (Lipinski definition) is 0. The largest absolute Gasteiger partial charge is 0.485 e. The van der Waals surface area contributed by atoms with Crippen LogP contribution in [0.3, 0.4) is 0 Å². The summed E-state index contributed by atoms with van der Waals surface area (Å²) >= 11 is 0. The summed E-state index contributed by atoms with van der Waals surface area (Å²) < 4.78 is 12.9. The van der Waals surface area contributed by atoms with Crippen LogP contribution >= 0.6 is 0 Å². The molecule has 0 spiro atoms. The molecule has 126 valence electrons. The van der Waals surface area contributed by atoms with E-state index in [0.29, 0.717) is 23.5 Å². The molecule has 1 heterocycles. The fourth-order valence-corrected chi connectivity index (χ4v) is 2.91. The average Bonchev–Trinajstić information content (AvgIpc) is 2.88. The third-order valence-corrected chi connectivity index (χ3v) is 3.99. The minimum absolute atomic E-state index is 0.0329. The Labute approximate surface area is 142 Å². The molecule has 0 N–H and O–H groups in total. The Morgan fingerprint density at radius 1 is 1.29 bits per heavy atom. The van der Waals surface area contributed by atoms with Gasteiger partial charge in [-0.3, -0.25) is 4.79 Å². The second kappa shape index (κ2) is 7.80. The molecule has 5 nitrogen and oxygen atoms in total. The lowest BCUT2D eigenvalue weighted by Crippen LogP contribution is -2.16. The molecular formula is C19H22N2O3. The predicted octanol–water partition coefficient (Wildman–Crippen LogP) is 3.45. The maximum absolute atomic E-state index is 12.5. The molecule has 0 amide bonds. The number of nitrogens with zero attached hydrogens (tertiary/aromatic N) is 2. The molecule has 2 rings (SSSR count). The van der Waals surface area contributed by atoms with Crippen molar-refractivity contribution >= 4 is 5.78 Å². The fourth-order valence-electron chi connectivity index (χ4n) is 2.91. The summed E-state index contributed by atoms with van der Waals surface area (Å²) in [7, 11) is 1.67. The highest BCUT2D eigenvalue weighted by molar-refractivity contribution is 5.98. The number of carbonyl (C=O) groups is 1. The zero-order valence-electron chi connectivity index (χ0n) is 14.5. The van der Waals surface area contributed by atoms with E-state index in [1.54, 1.807) is 31.4 Å². The molecular weight excluding hydrogens is 304 g/mol. The maximum Gasteiger partial charge on any atom is 0.202 e. The Balaban J connectivity index is 2.09. The minimum atomic E-state index is -0.0664. The van der Waals surface area contributed by atoms with Gasteiger partial charge in [-0.1, -0.05) is 0 Å². The van der Waals surface area contributed by atoms with Crippen LogP contribution in [0.15, 0.2) is 30.3 Å². The average molecular weight is 326 g/mol. The fraction of sp³-hybridized carbons (Fsp3) is 0.368. The molecule has 5 heteroatoms. The molecule has 0 fully saturated rings. The van der Waals surface area contributed by atoms with Crippen LogP contribution in [0.1, 0.15) is 40.3 Å². The van der Waals surface area contributed by atoms with E-state index in [4.69, 9.17) is 14.7 Å². The summed E-state index contributed by atoms with van der Waals surface area (Å²) in [6, 6.07) is 10.8. The Morgan fingerprint density at radius 3 is 2.54 bits per heavy atom. The van der Waals surface area contributed by atoms with Gasteiger partial charge < -0.3 is 14.0 Å². The molecule has 0 unspecified atom stereocenters. The maximum atomic E-state index is 12.5. The lowest BCUT2D eigenvalue weighted by atomic mass is 10.1. The summed E-state index contributed by atoms with van der Waals surface area (Å²) in [5.41, 5.74) is 3.18. The number of ether oxygens (including phenoxy) is 2. The lowest BCUT2D eigenvalue weighted by molar-refractivity contribution is 0.0920. The van der Waals surface area contributed by atoms with E-state index in [0.717, 1.165) is 11.4 Å². The van der Waals surface area contributed by atoms with E-state index in [-0.39, 0.29) is 18.4 Å². The lowest BCUT2D eigenvalue weighted by Gasteiger charge is -2.17. The summed E-state index contributed by atoms with van der Waals surface area (Å²) in [5, 5.41) is 8.78. The summed E-state index contributed by atoms with van der Waals surface area (Å²) in [4.78, 5) is 12.5. The van der Waals surface area contributed by atoms with Crippen molar-refractivity contribution in [2.75, 3.05) is 20.3 Å². The molecule has 1 aromatic carbocycles. The predicted molar refractivity (Wildman–Crippen MR) is 91.5 cm³/mol. The van der Waals surface area contributed by atoms with Gasteiger partial charge in [0.25, 0.3) is 0 Å². The second-order valence-corrected chi connectivity index (χ2v) is 5.81. The van der Waals surface area contributed by atoms with Gasteiger partial charge in [-0.15, -0.1) is 0 Å². The highest BCUT2D eigenvalue weighted by Gasteiger charge is 2.19. The highest BCUT2D eigenvalue weighted by Crippen LogP contribution is 2.21. The zero-order valence-corrected chi connectivity index (χ0v) is 14.5. The normalized spacial score (nSPS) is 11.8. The summed E-state index contributed by atoms with van der Waals surface area (Å²) in [5.74, 6) is 0.507. The molecule has 0 aliphatic carbocycles. The van der Waals surface area contributed by atoms with Crippen molar-refractivity contribution in [1.82, 2.24) is 4.57 Å². The van der Waals surface area contributed by atoms with Gasteiger partial charge in [0.2, 0.25) is 5.78 Å². The number of methoxy groups -OCH3 is 1. The Kier molecular flexibility index (Phi) is 5.78. The van der Waals surface area contributed by atoms with Gasteiger partial charge in [0.15, 0.2) is 6.61 Å². The van der Waals surface area contributed by atoms with Crippen molar-refractivity contribution in [2.24, 2.45) is 0 Å². The van der Waals surface area contributed by atoms with Gasteiger partial charge in [-0.05, 0) is 51.1 Å². The Hall–Kier alpha value is -2.58. The van der Waals surface area contributed by atoms with Crippen molar-refractivity contribution in [1.29, 1.82) is 5.26 Å². The van der Waals surface area contributed by atoms with Crippen LogP contribution in [0.4, 0.5) is 0 Å². The smallest absolute Gasteiger partial charge is 0.202 e. The molecule has 24 heavy (non-hydrogen) atoms. The van der Waals surface area contributed by atoms with Gasteiger partial charge in [-0.25, -0.2) is 0 Å². The van der Waals surface area contributed by atoms with Crippen LogP contribution in [-0.4, -0.2) is 30.7 Å². The number of hydrogen-bond acceptors (Lipinski definition) is 4. The molecule has 0 bridgehead atoms. The van der Waals surface area contributed by atoms with Crippen LogP contribution in [0, 0.1) is 25.2 Å². The second-order valence-electron chi connectivity index (χ2n) is 5.81. The number of ketones is 1. The first-order valence-corrected chi connectivity index (χ1v) is 7.81. The molecule has 1 atom stereocenters. The highest BCUT2D eigenvalue weighted by atomic mass is 16.5. The van der Waals surface area contributed by atoms with Gasteiger partial charge in [0, 0.05) is 24.1 Å². The van der Waals surface area contributed by atoms with Gasteiger partial charge in [0.1, 0.15) is 5.75 Å². The molecule has 0 radical (unpaired) electrons. The van der Waals surface area contributed by atoms with Crippen LogP contribution in [0.25, 0.3) is 0 Å². The summed E-state index contributed by atoms with van der Waals surface area (Å²) in [6.07, 6.45) is 0. The molecule has 2 aromatic rings. The standard InChI is InChI=1S/C19H22N2O3/c1-13-9-18(15(3)21(13)14(2)11-23-4)19(22)12-24-17-7-5-16(10-20)6-8-17/h5-9,14H,11-12H2,1-4H3/t14-/m1/s1. The van der Waals surface area contributed by atoms with Crippen LogP contribution in [-0.2, 0) is 4.74 Å². The van der Waals surface area contributed by atoms with Crippen molar-refractivity contribution in [3.63, 3.8) is 0 Å². The van der Waals surface area contributed by atoms with Crippen LogP contribution < -0.4 is 4.74 Å². The summed E-state index contributed by atoms with van der Waals surface area (Å²) in [6.45, 7) is 6.54. The number of aryl methyl sites for hydroxylation is 1.